The van der Waals surface area contributed by atoms with E-state index >= 15 is 0 Å². The SMILES string of the molecule is C=C/C=C\C.CC.CC1(c2ccc(Cl)cc2)CCCC1. The lowest BCUT2D eigenvalue weighted by Gasteiger charge is -2.23. The first kappa shape index (κ1) is 19.0. The highest BCUT2D eigenvalue weighted by atomic mass is 35.5. The summed E-state index contributed by atoms with van der Waals surface area (Å²) >= 11 is 5.86. The molecule has 0 atom stereocenters. The summed E-state index contributed by atoms with van der Waals surface area (Å²) in [5.41, 5.74) is 1.87. The Bertz CT molecular complexity index is 381. The van der Waals surface area contributed by atoms with Crippen LogP contribution < -0.4 is 0 Å². The van der Waals surface area contributed by atoms with Crippen LogP contribution >= 0.6 is 11.6 Å². The van der Waals surface area contributed by atoms with Crippen LogP contribution in [0.4, 0.5) is 0 Å². The van der Waals surface area contributed by atoms with Crippen molar-refractivity contribution in [3.8, 4) is 0 Å². The molecule has 0 amide bonds. The predicted molar refractivity (Wildman–Crippen MR) is 93.6 cm³/mol. The molecule has 1 heteroatoms. The molecule has 0 aliphatic heterocycles. The topological polar surface area (TPSA) is 0 Å². The summed E-state index contributed by atoms with van der Waals surface area (Å²) in [4.78, 5) is 0. The van der Waals surface area contributed by atoms with E-state index in [1.54, 1.807) is 6.08 Å². The average molecular weight is 293 g/mol. The van der Waals surface area contributed by atoms with Gasteiger partial charge in [0.1, 0.15) is 0 Å². The Kier molecular flexibility index (Phi) is 10.2. The monoisotopic (exact) mass is 292 g/mol. The van der Waals surface area contributed by atoms with Crippen molar-refractivity contribution in [2.75, 3.05) is 0 Å². The highest BCUT2D eigenvalue weighted by Gasteiger charge is 2.29. The largest absolute Gasteiger partial charge is 0.0991 e. The zero-order valence-corrected chi connectivity index (χ0v) is 14.2. The number of rotatable bonds is 2. The number of hydrogen-bond donors (Lipinski definition) is 0. The molecule has 0 unspecified atom stereocenters. The quantitative estimate of drug-likeness (QED) is 0.518. The Labute approximate surface area is 130 Å². The summed E-state index contributed by atoms with van der Waals surface area (Å²) in [6, 6.07) is 8.35. The number of hydrogen-bond acceptors (Lipinski definition) is 0. The fraction of sp³-hybridized carbons (Fsp3) is 0.474. The maximum absolute atomic E-state index is 5.86. The third kappa shape index (κ3) is 6.43. The van der Waals surface area contributed by atoms with Crippen molar-refractivity contribution in [2.45, 2.75) is 58.8 Å². The summed E-state index contributed by atoms with van der Waals surface area (Å²) in [6.45, 7) is 11.8. The Morgan fingerprint density at radius 1 is 1.10 bits per heavy atom. The van der Waals surface area contributed by atoms with E-state index < -0.39 is 0 Å². The molecule has 2 rings (SSSR count). The second-order valence-corrected chi connectivity index (χ2v) is 5.47. The molecule has 1 fully saturated rings. The summed E-state index contributed by atoms with van der Waals surface area (Å²) in [7, 11) is 0. The van der Waals surface area contributed by atoms with Gasteiger partial charge in [0, 0.05) is 5.02 Å². The number of halogens is 1. The van der Waals surface area contributed by atoms with Crippen LogP contribution in [0.5, 0.6) is 0 Å². The van der Waals surface area contributed by atoms with Gasteiger partial charge in [-0.15, -0.1) is 0 Å². The highest BCUT2D eigenvalue weighted by molar-refractivity contribution is 6.30. The summed E-state index contributed by atoms with van der Waals surface area (Å²) in [5.74, 6) is 0. The van der Waals surface area contributed by atoms with Gasteiger partial charge in [-0.25, -0.2) is 0 Å². The molecule has 0 aromatic heterocycles. The lowest BCUT2D eigenvalue weighted by molar-refractivity contribution is 0.491. The van der Waals surface area contributed by atoms with Crippen LogP contribution in [0.25, 0.3) is 0 Å². The van der Waals surface area contributed by atoms with E-state index in [2.05, 4.69) is 25.6 Å². The van der Waals surface area contributed by atoms with Crippen LogP contribution in [0.15, 0.2) is 49.1 Å². The first-order chi connectivity index (χ1) is 9.62. The molecule has 0 nitrogen and oxygen atoms in total. The lowest BCUT2D eigenvalue weighted by atomic mass is 9.81. The van der Waals surface area contributed by atoms with Crippen LogP contribution in [0.2, 0.25) is 5.02 Å². The normalized spacial score (nSPS) is 15.8. The summed E-state index contributed by atoms with van der Waals surface area (Å²) < 4.78 is 0. The van der Waals surface area contributed by atoms with E-state index in [0.717, 1.165) is 5.02 Å². The highest BCUT2D eigenvalue weighted by Crippen LogP contribution is 2.40. The number of allylic oxidation sites excluding steroid dienone is 3. The van der Waals surface area contributed by atoms with Gasteiger partial charge in [0.05, 0.1) is 0 Å². The molecule has 1 aliphatic carbocycles. The third-order valence-electron chi connectivity index (χ3n) is 3.58. The van der Waals surface area contributed by atoms with E-state index in [0.29, 0.717) is 5.41 Å². The second-order valence-electron chi connectivity index (χ2n) is 5.04. The Hall–Kier alpha value is -1.01. The zero-order chi connectivity index (χ0) is 15.4. The molecule has 0 bridgehead atoms. The summed E-state index contributed by atoms with van der Waals surface area (Å²) in [6.07, 6.45) is 11.0. The van der Waals surface area contributed by atoms with Gasteiger partial charge >= 0.3 is 0 Å². The van der Waals surface area contributed by atoms with Gasteiger partial charge in [-0.2, -0.15) is 0 Å². The van der Waals surface area contributed by atoms with Crippen molar-refractivity contribution in [3.63, 3.8) is 0 Å². The smallest absolute Gasteiger partial charge is 0.0406 e. The zero-order valence-electron chi connectivity index (χ0n) is 13.5. The Balaban J connectivity index is 0.000000441. The molecule has 1 saturated carbocycles. The molecule has 0 saturated heterocycles. The molecular weight excluding hydrogens is 264 g/mol. The third-order valence-corrected chi connectivity index (χ3v) is 3.83. The van der Waals surface area contributed by atoms with Gasteiger partial charge in [0.25, 0.3) is 0 Å². The van der Waals surface area contributed by atoms with E-state index in [1.165, 1.54) is 31.2 Å². The minimum absolute atomic E-state index is 0.421. The maximum atomic E-state index is 5.86. The van der Waals surface area contributed by atoms with Gasteiger partial charge in [0.15, 0.2) is 0 Å². The molecule has 20 heavy (non-hydrogen) atoms. The van der Waals surface area contributed by atoms with E-state index in [9.17, 15) is 0 Å². The van der Waals surface area contributed by atoms with Gasteiger partial charge in [-0.3, -0.25) is 0 Å². The Morgan fingerprint density at radius 3 is 1.95 bits per heavy atom. The second kappa shape index (κ2) is 10.7. The maximum Gasteiger partial charge on any atom is 0.0406 e. The van der Waals surface area contributed by atoms with Crippen molar-refractivity contribution in [1.82, 2.24) is 0 Å². The minimum atomic E-state index is 0.421. The predicted octanol–water partition coefficient (Wildman–Crippen LogP) is 6.95. The molecule has 112 valence electrons. The van der Waals surface area contributed by atoms with Crippen LogP contribution in [-0.2, 0) is 5.41 Å². The first-order valence-electron chi connectivity index (χ1n) is 7.62. The summed E-state index contributed by atoms with van der Waals surface area (Å²) in [5, 5.41) is 0.838. The molecule has 0 radical (unpaired) electrons. The van der Waals surface area contributed by atoms with Gasteiger partial charge in [0.2, 0.25) is 0 Å². The molecule has 0 heterocycles. The van der Waals surface area contributed by atoms with Crippen molar-refractivity contribution < 1.29 is 0 Å². The average Bonchev–Trinajstić information content (AvgIpc) is 2.91. The van der Waals surface area contributed by atoms with E-state index in [-0.39, 0.29) is 0 Å². The van der Waals surface area contributed by atoms with Crippen LogP contribution in [0, 0.1) is 0 Å². The Morgan fingerprint density at radius 2 is 1.60 bits per heavy atom. The van der Waals surface area contributed by atoms with Gasteiger partial charge in [-0.1, -0.05) is 82.2 Å². The number of benzene rings is 1. The molecule has 0 N–H and O–H groups in total. The first-order valence-corrected chi connectivity index (χ1v) is 8.00. The standard InChI is InChI=1S/C12H15Cl.C5H8.C2H6/c1-12(8-2-3-9-12)10-4-6-11(13)7-5-10;1-3-5-4-2;1-2/h4-7H,2-3,8-9H2,1H3;3-5H,1H2,2H3;1-2H3/b;5-4-;. The lowest BCUT2D eigenvalue weighted by Crippen LogP contribution is -2.16. The van der Waals surface area contributed by atoms with E-state index in [1.807, 2.05) is 45.1 Å². The van der Waals surface area contributed by atoms with Crippen molar-refractivity contribution in [2.24, 2.45) is 0 Å². The molecule has 1 aromatic carbocycles. The minimum Gasteiger partial charge on any atom is -0.0991 e. The molecule has 1 aliphatic rings. The molecule has 0 spiro atoms. The van der Waals surface area contributed by atoms with Gasteiger partial charge in [-0.05, 0) is 42.9 Å². The fourth-order valence-electron chi connectivity index (χ4n) is 2.43. The van der Waals surface area contributed by atoms with Crippen molar-refractivity contribution in [1.29, 1.82) is 0 Å². The molecular formula is C19H29Cl. The van der Waals surface area contributed by atoms with E-state index in [4.69, 9.17) is 11.6 Å². The van der Waals surface area contributed by atoms with Crippen LogP contribution in [0.3, 0.4) is 0 Å². The van der Waals surface area contributed by atoms with Crippen LogP contribution in [-0.4, -0.2) is 0 Å². The van der Waals surface area contributed by atoms with Gasteiger partial charge < -0.3 is 0 Å². The van der Waals surface area contributed by atoms with Crippen molar-refractivity contribution >= 4 is 11.6 Å². The van der Waals surface area contributed by atoms with Crippen LogP contribution in [0.1, 0.15) is 58.9 Å². The fourth-order valence-corrected chi connectivity index (χ4v) is 2.56. The van der Waals surface area contributed by atoms with Crippen molar-refractivity contribution in [3.05, 3.63) is 59.7 Å². The molecule has 1 aromatic rings.